The van der Waals surface area contributed by atoms with Gasteiger partial charge in [-0.3, -0.25) is 4.99 Å². The largest absolute Gasteiger partial charge is 0.366 e. The molecule has 2 fully saturated rings. The van der Waals surface area contributed by atoms with Crippen LogP contribution in [0.15, 0.2) is 23.2 Å². The Kier molecular flexibility index (Phi) is 6.39. The van der Waals surface area contributed by atoms with E-state index in [-0.39, 0.29) is 5.82 Å². The van der Waals surface area contributed by atoms with Crippen LogP contribution in [-0.4, -0.2) is 62.1 Å². The van der Waals surface area contributed by atoms with Crippen molar-refractivity contribution in [1.82, 2.24) is 10.2 Å². The minimum Gasteiger partial charge on any atom is -0.366 e. The second-order valence-corrected chi connectivity index (χ2v) is 7.78. The number of piperazine rings is 1. The third-order valence-electron chi connectivity index (χ3n) is 4.93. The van der Waals surface area contributed by atoms with E-state index in [4.69, 9.17) is 0 Å². The van der Waals surface area contributed by atoms with Gasteiger partial charge in [0.15, 0.2) is 5.96 Å². The third kappa shape index (κ3) is 4.77. The van der Waals surface area contributed by atoms with Gasteiger partial charge in [0.05, 0.1) is 5.69 Å². The highest BCUT2D eigenvalue weighted by Crippen LogP contribution is 2.23. The smallest absolute Gasteiger partial charge is 0.193 e. The van der Waals surface area contributed by atoms with Crippen molar-refractivity contribution in [3.05, 3.63) is 29.8 Å². The maximum absolute atomic E-state index is 13.9. The highest BCUT2D eigenvalue weighted by molar-refractivity contribution is 7.99. The van der Waals surface area contributed by atoms with Crippen LogP contribution in [-0.2, 0) is 0 Å². The van der Waals surface area contributed by atoms with Gasteiger partial charge in [-0.05, 0) is 42.4 Å². The van der Waals surface area contributed by atoms with E-state index in [0.29, 0.717) is 18.8 Å². The maximum Gasteiger partial charge on any atom is 0.193 e. The number of hydrogen-bond donors (Lipinski definition) is 1. The molecule has 25 heavy (non-hydrogen) atoms. The van der Waals surface area contributed by atoms with Crippen LogP contribution < -0.4 is 10.2 Å². The number of halogens is 2. The quantitative estimate of drug-likeness (QED) is 0.657. The molecule has 1 N–H and O–H groups in total. The lowest BCUT2D eigenvalue weighted by Gasteiger charge is -2.38. The number of anilines is 1. The topological polar surface area (TPSA) is 30.9 Å². The normalized spacial score (nSPS) is 20.0. The Hall–Kier alpha value is -1.50. The van der Waals surface area contributed by atoms with Crippen LogP contribution in [0, 0.1) is 17.6 Å². The fraction of sp³-hybridized carbons (Fsp3) is 0.611. The van der Waals surface area contributed by atoms with Gasteiger partial charge in [-0.15, -0.1) is 0 Å². The van der Waals surface area contributed by atoms with Crippen LogP contribution >= 0.6 is 11.8 Å². The molecule has 2 aliphatic heterocycles. The molecule has 0 amide bonds. The van der Waals surface area contributed by atoms with Crippen LogP contribution in [0.25, 0.3) is 0 Å². The van der Waals surface area contributed by atoms with Gasteiger partial charge in [-0.25, -0.2) is 8.78 Å². The van der Waals surface area contributed by atoms with Crippen molar-refractivity contribution < 1.29 is 8.78 Å². The van der Waals surface area contributed by atoms with Gasteiger partial charge in [-0.2, -0.15) is 11.8 Å². The molecule has 0 saturated carbocycles. The van der Waals surface area contributed by atoms with Crippen molar-refractivity contribution in [1.29, 1.82) is 0 Å². The molecular weight excluding hydrogens is 342 g/mol. The predicted octanol–water partition coefficient (Wildman–Crippen LogP) is 2.81. The fourth-order valence-corrected chi connectivity index (χ4v) is 4.61. The van der Waals surface area contributed by atoms with Gasteiger partial charge in [0.2, 0.25) is 0 Å². The minimum atomic E-state index is -0.401. The van der Waals surface area contributed by atoms with Gasteiger partial charge in [0, 0.05) is 45.8 Å². The molecule has 3 rings (SSSR count). The van der Waals surface area contributed by atoms with Crippen LogP contribution in [0.5, 0.6) is 0 Å². The number of nitrogens with zero attached hydrogens (tertiary/aromatic N) is 3. The first-order chi connectivity index (χ1) is 12.2. The molecule has 0 spiro atoms. The van der Waals surface area contributed by atoms with E-state index in [1.54, 1.807) is 7.05 Å². The Bertz CT molecular complexity index is 597. The van der Waals surface area contributed by atoms with Gasteiger partial charge in [-0.1, -0.05) is 0 Å². The fourth-order valence-electron chi connectivity index (χ4n) is 3.41. The first-order valence-electron chi connectivity index (χ1n) is 8.90. The number of thioether (sulfide) groups is 1. The summed E-state index contributed by atoms with van der Waals surface area (Å²) in [6.45, 7) is 3.76. The molecular formula is C18H26F2N4S. The number of guanidine groups is 1. The molecule has 0 aromatic heterocycles. The molecule has 4 nitrogen and oxygen atoms in total. The van der Waals surface area contributed by atoms with Crippen molar-refractivity contribution in [2.45, 2.75) is 12.8 Å². The van der Waals surface area contributed by atoms with E-state index >= 15 is 0 Å². The average Bonchev–Trinajstić information content (AvgIpc) is 2.66. The highest BCUT2D eigenvalue weighted by atomic mass is 32.2. The zero-order valence-corrected chi connectivity index (χ0v) is 15.5. The summed E-state index contributed by atoms with van der Waals surface area (Å²) in [5, 5.41) is 3.50. The second-order valence-electron chi connectivity index (χ2n) is 6.55. The summed E-state index contributed by atoms with van der Waals surface area (Å²) < 4.78 is 27.3. The van der Waals surface area contributed by atoms with E-state index < -0.39 is 5.82 Å². The van der Waals surface area contributed by atoms with Gasteiger partial charge in [0.25, 0.3) is 0 Å². The lowest BCUT2D eigenvalue weighted by molar-refractivity contribution is 0.364. The Morgan fingerprint density at radius 3 is 2.60 bits per heavy atom. The molecule has 1 aromatic carbocycles. The lowest BCUT2D eigenvalue weighted by Crippen LogP contribution is -2.53. The molecule has 2 saturated heterocycles. The second kappa shape index (κ2) is 8.74. The highest BCUT2D eigenvalue weighted by Gasteiger charge is 2.23. The summed E-state index contributed by atoms with van der Waals surface area (Å²) in [5.41, 5.74) is 0.349. The number of nitrogens with one attached hydrogen (secondary N) is 1. The average molecular weight is 368 g/mol. The number of hydrogen-bond acceptors (Lipinski definition) is 3. The van der Waals surface area contributed by atoms with Crippen LogP contribution in [0.1, 0.15) is 12.8 Å². The number of rotatable bonds is 3. The van der Waals surface area contributed by atoms with Crippen LogP contribution in [0.2, 0.25) is 0 Å². The Morgan fingerprint density at radius 2 is 1.92 bits per heavy atom. The third-order valence-corrected chi connectivity index (χ3v) is 5.98. The van der Waals surface area contributed by atoms with E-state index in [9.17, 15) is 8.78 Å². The Balaban J connectivity index is 1.52. The van der Waals surface area contributed by atoms with Crippen molar-refractivity contribution in [3.8, 4) is 0 Å². The summed E-state index contributed by atoms with van der Waals surface area (Å²) in [6, 6.07) is 3.63. The SMILES string of the molecule is CN=C(NCC1CCSCC1)N1CCN(c2cc(F)ccc2F)CC1. The van der Waals surface area contributed by atoms with Gasteiger partial charge < -0.3 is 15.1 Å². The zero-order chi connectivity index (χ0) is 17.6. The molecule has 0 atom stereocenters. The predicted molar refractivity (Wildman–Crippen MR) is 102 cm³/mol. The lowest BCUT2D eigenvalue weighted by atomic mass is 10.0. The summed E-state index contributed by atoms with van der Waals surface area (Å²) >= 11 is 2.04. The summed E-state index contributed by atoms with van der Waals surface area (Å²) in [4.78, 5) is 8.50. The molecule has 138 valence electrons. The van der Waals surface area contributed by atoms with Crippen molar-refractivity contribution >= 4 is 23.4 Å². The minimum absolute atomic E-state index is 0.349. The Morgan fingerprint density at radius 1 is 1.20 bits per heavy atom. The van der Waals surface area contributed by atoms with Gasteiger partial charge >= 0.3 is 0 Å². The van der Waals surface area contributed by atoms with Crippen molar-refractivity contribution in [2.24, 2.45) is 10.9 Å². The first kappa shape index (κ1) is 18.3. The molecule has 2 aliphatic rings. The van der Waals surface area contributed by atoms with Crippen LogP contribution in [0.3, 0.4) is 0 Å². The van der Waals surface area contributed by atoms with Crippen molar-refractivity contribution in [3.63, 3.8) is 0 Å². The number of aliphatic imine (C=N–C) groups is 1. The van der Waals surface area contributed by atoms with Gasteiger partial charge in [0.1, 0.15) is 11.6 Å². The summed E-state index contributed by atoms with van der Waals surface area (Å²) in [5.74, 6) is 3.37. The van der Waals surface area contributed by atoms with E-state index in [2.05, 4.69) is 15.2 Å². The molecule has 0 unspecified atom stereocenters. The van der Waals surface area contributed by atoms with Crippen molar-refractivity contribution in [2.75, 3.05) is 56.2 Å². The summed E-state index contributed by atoms with van der Waals surface area (Å²) in [7, 11) is 1.80. The first-order valence-corrected chi connectivity index (χ1v) is 10.1. The van der Waals surface area contributed by atoms with Crippen LogP contribution in [0.4, 0.5) is 14.5 Å². The molecule has 2 heterocycles. The molecule has 0 bridgehead atoms. The van der Waals surface area contributed by atoms with E-state index in [1.165, 1.54) is 36.5 Å². The monoisotopic (exact) mass is 368 g/mol. The van der Waals surface area contributed by atoms with E-state index in [1.807, 2.05) is 16.7 Å². The number of benzene rings is 1. The summed E-state index contributed by atoms with van der Waals surface area (Å²) in [6.07, 6.45) is 2.53. The molecule has 0 radical (unpaired) electrons. The molecule has 0 aliphatic carbocycles. The standard InChI is InChI=1S/C18H26F2N4S/c1-21-18(22-13-14-4-10-25-11-5-14)24-8-6-23(7-9-24)17-12-15(19)2-3-16(17)20/h2-3,12,14H,4-11,13H2,1H3,(H,21,22). The Labute approximate surface area is 152 Å². The van der Waals surface area contributed by atoms with E-state index in [0.717, 1.165) is 37.6 Å². The maximum atomic E-state index is 13.9. The molecule has 7 heteroatoms. The molecule has 1 aromatic rings. The zero-order valence-electron chi connectivity index (χ0n) is 14.7.